The second kappa shape index (κ2) is 7.64. The van der Waals surface area contributed by atoms with Crippen LogP contribution in [0.4, 0.5) is 0 Å². The molecule has 3 aromatic rings. The SMILES string of the molecule is CC(=O)C(C)Sc1nnc(-c2ccccc2Cl)n1-c1cc(C)ccc1C. The number of carbonyl (C=O) groups excluding carboxylic acids is 1. The van der Waals surface area contributed by atoms with Crippen molar-refractivity contribution < 1.29 is 4.79 Å². The maximum absolute atomic E-state index is 11.7. The van der Waals surface area contributed by atoms with Gasteiger partial charge in [0, 0.05) is 5.56 Å². The molecule has 0 aliphatic heterocycles. The summed E-state index contributed by atoms with van der Waals surface area (Å²) in [5, 5.41) is 9.86. The van der Waals surface area contributed by atoms with Crippen molar-refractivity contribution in [1.82, 2.24) is 14.8 Å². The van der Waals surface area contributed by atoms with Gasteiger partial charge < -0.3 is 0 Å². The maximum atomic E-state index is 11.7. The molecule has 26 heavy (non-hydrogen) atoms. The average Bonchev–Trinajstić information content (AvgIpc) is 3.00. The average molecular weight is 386 g/mol. The molecule has 1 unspecified atom stereocenters. The number of hydrogen-bond donors (Lipinski definition) is 0. The van der Waals surface area contributed by atoms with Crippen LogP contribution in [0.25, 0.3) is 17.1 Å². The van der Waals surface area contributed by atoms with Crippen molar-refractivity contribution >= 4 is 29.1 Å². The van der Waals surface area contributed by atoms with E-state index in [2.05, 4.69) is 28.4 Å². The van der Waals surface area contributed by atoms with Crippen LogP contribution in [-0.2, 0) is 4.79 Å². The zero-order valence-corrected chi connectivity index (χ0v) is 16.7. The quantitative estimate of drug-likeness (QED) is 0.561. The van der Waals surface area contributed by atoms with Gasteiger partial charge in [-0.1, -0.05) is 47.6 Å². The van der Waals surface area contributed by atoms with E-state index in [0.717, 1.165) is 22.4 Å². The predicted molar refractivity (Wildman–Crippen MR) is 107 cm³/mol. The zero-order chi connectivity index (χ0) is 18.8. The number of carbonyl (C=O) groups is 1. The molecule has 0 fully saturated rings. The Kier molecular flexibility index (Phi) is 5.49. The molecule has 1 atom stereocenters. The molecular weight excluding hydrogens is 366 g/mol. The Morgan fingerprint density at radius 2 is 1.88 bits per heavy atom. The lowest BCUT2D eigenvalue weighted by Gasteiger charge is -2.15. The number of Topliss-reactive ketones (excluding diaryl/α,β-unsaturated/α-hetero) is 1. The lowest BCUT2D eigenvalue weighted by molar-refractivity contribution is -0.116. The lowest BCUT2D eigenvalue weighted by Crippen LogP contribution is -2.10. The molecule has 0 bridgehead atoms. The summed E-state index contributed by atoms with van der Waals surface area (Å²) >= 11 is 7.82. The number of halogens is 1. The van der Waals surface area contributed by atoms with Gasteiger partial charge in [-0.3, -0.25) is 9.36 Å². The Morgan fingerprint density at radius 3 is 2.58 bits per heavy atom. The summed E-state index contributed by atoms with van der Waals surface area (Å²) in [7, 11) is 0. The Bertz CT molecular complexity index is 967. The molecule has 4 nitrogen and oxygen atoms in total. The van der Waals surface area contributed by atoms with E-state index in [4.69, 9.17) is 11.6 Å². The highest BCUT2D eigenvalue weighted by Gasteiger charge is 2.22. The number of hydrogen-bond acceptors (Lipinski definition) is 4. The van der Waals surface area contributed by atoms with Gasteiger partial charge in [-0.05, 0) is 57.0 Å². The van der Waals surface area contributed by atoms with Gasteiger partial charge in [0.1, 0.15) is 5.78 Å². The van der Waals surface area contributed by atoms with Gasteiger partial charge in [-0.15, -0.1) is 10.2 Å². The van der Waals surface area contributed by atoms with E-state index in [-0.39, 0.29) is 11.0 Å². The van der Waals surface area contributed by atoms with Gasteiger partial charge >= 0.3 is 0 Å². The van der Waals surface area contributed by atoms with E-state index in [0.29, 0.717) is 16.0 Å². The molecule has 0 aliphatic carbocycles. The molecule has 0 radical (unpaired) electrons. The van der Waals surface area contributed by atoms with E-state index < -0.39 is 0 Å². The first-order valence-electron chi connectivity index (χ1n) is 8.33. The van der Waals surface area contributed by atoms with Crippen LogP contribution >= 0.6 is 23.4 Å². The van der Waals surface area contributed by atoms with Crippen molar-refractivity contribution in [2.45, 2.75) is 38.1 Å². The minimum absolute atomic E-state index is 0.102. The highest BCUT2D eigenvalue weighted by Crippen LogP contribution is 2.34. The minimum Gasteiger partial charge on any atom is -0.299 e. The second-order valence-corrected chi connectivity index (χ2v) is 8.00. The summed E-state index contributed by atoms with van der Waals surface area (Å²) in [6, 6.07) is 13.8. The van der Waals surface area contributed by atoms with E-state index in [1.54, 1.807) is 6.92 Å². The van der Waals surface area contributed by atoms with Gasteiger partial charge in [0.2, 0.25) is 0 Å². The van der Waals surface area contributed by atoms with Crippen molar-refractivity contribution in [3.63, 3.8) is 0 Å². The summed E-state index contributed by atoms with van der Waals surface area (Å²) < 4.78 is 1.99. The summed E-state index contributed by atoms with van der Waals surface area (Å²) in [6.07, 6.45) is 0. The molecule has 0 saturated heterocycles. The number of ketones is 1. The predicted octanol–water partition coefficient (Wildman–Crippen LogP) is 5.27. The highest BCUT2D eigenvalue weighted by molar-refractivity contribution is 8.00. The maximum Gasteiger partial charge on any atom is 0.196 e. The number of aromatic nitrogens is 3. The first kappa shape index (κ1) is 18.7. The molecule has 6 heteroatoms. The van der Waals surface area contributed by atoms with Gasteiger partial charge in [0.05, 0.1) is 16.0 Å². The number of benzene rings is 2. The molecule has 1 heterocycles. The van der Waals surface area contributed by atoms with Crippen LogP contribution in [0.3, 0.4) is 0 Å². The molecule has 0 aliphatic rings. The van der Waals surface area contributed by atoms with Crippen molar-refractivity contribution in [2.24, 2.45) is 0 Å². The Morgan fingerprint density at radius 1 is 1.15 bits per heavy atom. The first-order chi connectivity index (χ1) is 12.4. The smallest absolute Gasteiger partial charge is 0.196 e. The molecule has 3 rings (SSSR count). The topological polar surface area (TPSA) is 47.8 Å². The summed E-state index contributed by atoms with van der Waals surface area (Å²) in [5.74, 6) is 0.771. The normalized spacial score (nSPS) is 12.2. The van der Waals surface area contributed by atoms with Crippen LogP contribution in [0.5, 0.6) is 0 Å². The van der Waals surface area contributed by atoms with Crippen molar-refractivity contribution in [1.29, 1.82) is 0 Å². The summed E-state index contributed by atoms with van der Waals surface area (Å²) in [5.41, 5.74) is 4.04. The van der Waals surface area contributed by atoms with Crippen LogP contribution in [0, 0.1) is 13.8 Å². The minimum atomic E-state index is -0.206. The molecule has 1 aromatic heterocycles. The first-order valence-corrected chi connectivity index (χ1v) is 9.59. The monoisotopic (exact) mass is 385 g/mol. The fourth-order valence-corrected chi connectivity index (χ4v) is 3.66. The third-order valence-corrected chi connectivity index (χ3v) is 5.70. The van der Waals surface area contributed by atoms with Crippen molar-refractivity contribution in [3.05, 3.63) is 58.6 Å². The van der Waals surface area contributed by atoms with Gasteiger partial charge in [0.25, 0.3) is 0 Å². The number of aryl methyl sites for hydroxylation is 2. The van der Waals surface area contributed by atoms with E-state index in [1.165, 1.54) is 11.8 Å². The number of nitrogens with zero attached hydrogens (tertiary/aromatic N) is 3. The fourth-order valence-electron chi connectivity index (χ4n) is 2.58. The summed E-state index contributed by atoms with van der Waals surface area (Å²) in [4.78, 5) is 11.7. The Balaban J connectivity index is 2.23. The molecule has 0 N–H and O–H groups in total. The fraction of sp³-hybridized carbons (Fsp3) is 0.250. The van der Waals surface area contributed by atoms with Crippen LogP contribution < -0.4 is 0 Å². The summed E-state index contributed by atoms with van der Waals surface area (Å²) in [6.45, 7) is 7.57. The number of thioether (sulfide) groups is 1. The van der Waals surface area contributed by atoms with Gasteiger partial charge in [-0.25, -0.2) is 0 Å². The van der Waals surface area contributed by atoms with E-state index in [1.807, 2.05) is 49.6 Å². The lowest BCUT2D eigenvalue weighted by atomic mass is 10.1. The second-order valence-electron chi connectivity index (χ2n) is 6.28. The van der Waals surface area contributed by atoms with Crippen LogP contribution in [0.1, 0.15) is 25.0 Å². The standard InChI is InChI=1S/C20H20ClN3OS/c1-12-9-10-13(2)18(11-12)24-19(16-7-5-6-8-17(16)21)22-23-20(24)26-15(4)14(3)25/h5-11,15H,1-4H3. The molecular formula is C20H20ClN3OS. The van der Waals surface area contributed by atoms with Crippen LogP contribution in [0.15, 0.2) is 47.6 Å². The highest BCUT2D eigenvalue weighted by atomic mass is 35.5. The van der Waals surface area contributed by atoms with Crippen LogP contribution in [-0.4, -0.2) is 25.8 Å². The third-order valence-electron chi connectivity index (χ3n) is 4.21. The molecule has 0 spiro atoms. The van der Waals surface area contributed by atoms with Crippen LogP contribution in [0.2, 0.25) is 5.02 Å². The Labute approximate surface area is 162 Å². The molecule has 0 saturated carbocycles. The van der Waals surface area contributed by atoms with Gasteiger partial charge in [0.15, 0.2) is 11.0 Å². The molecule has 2 aromatic carbocycles. The zero-order valence-electron chi connectivity index (χ0n) is 15.2. The molecule has 0 amide bonds. The molecule has 134 valence electrons. The van der Waals surface area contributed by atoms with E-state index in [9.17, 15) is 4.79 Å². The van der Waals surface area contributed by atoms with Gasteiger partial charge in [-0.2, -0.15) is 0 Å². The number of rotatable bonds is 5. The Hall–Kier alpha value is -2.11. The van der Waals surface area contributed by atoms with E-state index >= 15 is 0 Å². The van der Waals surface area contributed by atoms with Crippen molar-refractivity contribution in [3.8, 4) is 17.1 Å². The largest absolute Gasteiger partial charge is 0.299 e. The van der Waals surface area contributed by atoms with Crippen molar-refractivity contribution in [2.75, 3.05) is 0 Å². The third kappa shape index (κ3) is 3.69.